The molecule has 0 atom stereocenters. The predicted molar refractivity (Wildman–Crippen MR) is 183 cm³/mol. The molecule has 1 heterocycles. The van der Waals surface area contributed by atoms with Gasteiger partial charge in [-0.15, -0.1) is 0 Å². The molecule has 8 heteroatoms. The van der Waals surface area contributed by atoms with Gasteiger partial charge in [0.15, 0.2) is 0 Å². The first-order valence-corrected chi connectivity index (χ1v) is 15.8. The van der Waals surface area contributed by atoms with Crippen molar-refractivity contribution in [2.24, 2.45) is 0 Å². The predicted octanol–water partition coefficient (Wildman–Crippen LogP) is 6.38. The van der Waals surface area contributed by atoms with Gasteiger partial charge in [-0.1, -0.05) is 73.3 Å². The van der Waals surface area contributed by atoms with Gasteiger partial charge in [-0.25, -0.2) is 4.79 Å². The third-order valence-corrected chi connectivity index (χ3v) is 8.31. The molecule has 0 unspecified atom stereocenters. The Kier molecular flexibility index (Phi) is 11.0. The first-order chi connectivity index (χ1) is 22.8. The number of fused-ring (bicyclic) bond motifs is 2. The highest BCUT2D eigenvalue weighted by Crippen LogP contribution is 2.34. The van der Waals surface area contributed by atoms with Crippen molar-refractivity contribution >= 4 is 35.0 Å². The summed E-state index contributed by atoms with van der Waals surface area (Å²) in [7, 11) is 1.33. The third-order valence-electron chi connectivity index (χ3n) is 8.31. The number of esters is 1. The van der Waals surface area contributed by atoms with E-state index < -0.39 is 5.97 Å². The van der Waals surface area contributed by atoms with Crippen molar-refractivity contribution in [3.63, 3.8) is 0 Å². The Hall–Kier alpha value is -5.50. The van der Waals surface area contributed by atoms with Crippen LogP contribution in [0, 0.1) is 0 Å². The summed E-state index contributed by atoms with van der Waals surface area (Å²) in [5.41, 5.74) is 7.85. The number of carbonyl (C=O) groups excluding carboxylic acids is 4. The van der Waals surface area contributed by atoms with E-state index in [4.69, 9.17) is 4.74 Å². The van der Waals surface area contributed by atoms with E-state index >= 15 is 0 Å². The molecule has 0 spiro atoms. The summed E-state index contributed by atoms with van der Waals surface area (Å²) >= 11 is 0. The number of carbonyl (C=O) groups is 4. The average Bonchev–Trinajstić information content (AvgIpc) is 3.10. The summed E-state index contributed by atoms with van der Waals surface area (Å²) in [6.07, 6.45) is 2.62. The van der Waals surface area contributed by atoms with Gasteiger partial charge >= 0.3 is 5.97 Å². The van der Waals surface area contributed by atoms with Gasteiger partial charge in [0.2, 0.25) is 11.8 Å². The fourth-order valence-electron chi connectivity index (χ4n) is 5.62. The van der Waals surface area contributed by atoms with Crippen LogP contribution >= 0.6 is 0 Å². The van der Waals surface area contributed by atoms with Gasteiger partial charge in [-0.3, -0.25) is 14.4 Å². The molecule has 2 N–H and O–H groups in total. The number of unbranched alkanes of at least 4 members (excludes halogenated alkanes) is 1. The molecule has 8 nitrogen and oxygen atoms in total. The molecule has 1 aliphatic rings. The highest BCUT2D eigenvalue weighted by atomic mass is 16.5. The van der Waals surface area contributed by atoms with Crippen molar-refractivity contribution in [3.8, 4) is 0 Å². The minimum atomic E-state index is -0.409. The topological polar surface area (TPSA) is 105 Å². The quantitative estimate of drug-likeness (QED) is 0.148. The second-order valence-electron chi connectivity index (χ2n) is 11.6. The first-order valence-electron chi connectivity index (χ1n) is 15.8. The molecule has 0 fully saturated rings. The Labute approximate surface area is 275 Å². The zero-order valence-electron chi connectivity index (χ0n) is 26.6. The smallest absolute Gasteiger partial charge is 0.337 e. The van der Waals surface area contributed by atoms with E-state index in [0.29, 0.717) is 56.4 Å². The number of methoxy groups -OCH3 is 1. The van der Waals surface area contributed by atoms with Crippen molar-refractivity contribution in [1.29, 1.82) is 0 Å². The van der Waals surface area contributed by atoms with Crippen LogP contribution in [0.1, 0.15) is 74.2 Å². The maximum Gasteiger partial charge on any atom is 0.337 e. The van der Waals surface area contributed by atoms with Crippen LogP contribution in [-0.4, -0.2) is 30.8 Å². The molecule has 1 aliphatic heterocycles. The Morgan fingerprint density at radius 2 is 1.32 bits per heavy atom. The molecule has 4 aromatic carbocycles. The number of anilines is 1. The van der Waals surface area contributed by atoms with Crippen molar-refractivity contribution in [2.45, 2.75) is 51.7 Å². The Bertz CT molecular complexity index is 1760. The number of ether oxygens (including phenoxy) is 1. The summed E-state index contributed by atoms with van der Waals surface area (Å²) < 4.78 is 4.70. The Morgan fingerprint density at radius 3 is 2.02 bits per heavy atom. The van der Waals surface area contributed by atoms with Crippen molar-refractivity contribution in [2.75, 3.05) is 12.0 Å². The lowest BCUT2D eigenvalue weighted by Crippen LogP contribution is -2.32. The molecular weight excluding hydrogens is 590 g/mol. The molecule has 240 valence electrons. The van der Waals surface area contributed by atoms with E-state index in [1.165, 1.54) is 12.7 Å². The summed E-state index contributed by atoms with van der Waals surface area (Å²) in [6, 6.07) is 30.0. The lowest BCUT2D eigenvalue weighted by Gasteiger charge is -2.29. The van der Waals surface area contributed by atoms with Crippen molar-refractivity contribution in [1.82, 2.24) is 10.6 Å². The molecule has 3 amide bonds. The van der Waals surface area contributed by atoms with Crippen LogP contribution in [0.25, 0.3) is 5.57 Å². The third kappa shape index (κ3) is 8.61. The molecule has 4 aromatic rings. The van der Waals surface area contributed by atoms with E-state index in [1.54, 1.807) is 36.4 Å². The van der Waals surface area contributed by atoms with Gasteiger partial charge in [0.05, 0.1) is 24.9 Å². The second kappa shape index (κ2) is 15.7. The summed E-state index contributed by atoms with van der Waals surface area (Å²) in [5.74, 6) is -0.684. The van der Waals surface area contributed by atoms with E-state index in [9.17, 15) is 19.2 Å². The number of hydrogen-bond acceptors (Lipinski definition) is 5. The van der Waals surface area contributed by atoms with Crippen LogP contribution in [0.3, 0.4) is 0 Å². The molecule has 47 heavy (non-hydrogen) atoms. The van der Waals surface area contributed by atoms with Gasteiger partial charge in [0.25, 0.3) is 5.91 Å². The highest BCUT2D eigenvalue weighted by molar-refractivity contribution is 5.97. The van der Waals surface area contributed by atoms with Gasteiger partial charge in [-0.05, 0) is 77.4 Å². The van der Waals surface area contributed by atoms with Crippen LogP contribution in [0.15, 0.2) is 104 Å². The van der Waals surface area contributed by atoms with E-state index in [0.717, 1.165) is 39.9 Å². The molecule has 0 aliphatic carbocycles. The van der Waals surface area contributed by atoms with Crippen LogP contribution in [-0.2, 0) is 40.4 Å². The largest absolute Gasteiger partial charge is 0.465 e. The van der Waals surface area contributed by atoms with Crippen LogP contribution in [0.5, 0.6) is 0 Å². The molecule has 0 aromatic heterocycles. The number of nitrogens with one attached hydrogen (secondary N) is 2. The number of hydrogen-bond donors (Lipinski definition) is 2. The fraction of sp³-hybridized carbons (Fsp3) is 0.231. The van der Waals surface area contributed by atoms with Crippen molar-refractivity contribution < 1.29 is 23.9 Å². The number of para-hydroxylation sites is 1. The van der Waals surface area contributed by atoms with Gasteiger partial charge < -0.3 is 20.3 Å². The maximum atomic E-state index is 13.5. The second-order valence-corrected chi connectivity index (χ2v) is 11.6. The van der Waals surface area contributed by atoms with E-state index in [1.807, 2.05) is 53.4 Å². The Balaban J connectivity index is 1.05. The lowest BCUT2D eigenvalue weighted by atomic mass is 9.92. The first kappa shape index (κ1) is 32.9. The fourth-order valence-corrected chi connectivity index (χ4v) is 5.62. The van der Waals surface area contributed by atoms with Crippen LogP contribution in [0.2, 0.25) is 0 Å². The van der Waals surface area contributed by atoms with Crippen LogP contribution < -0.4 is 15.5 Å². The number of amides is 3. The van der Waals surface area contributed by atoms with Gasteiger partial charge in [-0.2, -0.15) is 0 Å². The summed E-state index contributed by atoms with van der Waals surface area (Å²) in [5, 5.41) is 5.80. The standard InChI is InChI=1S/C39H39N3O5/c1-27-23-32-9-3-4-10-33(32)26-42(35-12-6-5-11-34(27)35)37(44)14-8-7-13-36(43)40-24-28-15-19-30(20-16-28)38(45)41-25-29-17-21-31(22-18-29)39(46)47-2/h3-6,9-12,15-22H,1,7-8,13-14,23-26H2,2H3,(H,40,43)(H,41,45). The van der Waals surface area contributed by atoms with E-state index in [-0.39, 0.29) is 17.7 Å². The lowest BCUT2D eigenvalue weighted by molar-refractivity contribution is -0.122. The van der Waals surface area contributed by atoms with Gasteiger partial charge in [0.1, 0.15) is 0 Å². The minimum Gasteiger partial charge on any atom is -0.465 e. The van der Waals surface area contributed by atoms with Gasteiger partial charge in [0, 0.05) is 37.1 Å². The van der Waals surface area contributed by atoms with Crippen molar-refractivity contribution in [3.05, 3.63) is 143 Å². The number of benzene rings is 4. The Morgan fingerprint density at radius 1 is 0.723 bits per heavy atom. The molecule has 0 radical (unpaired) electrons. The molecular formula is C39H39N3O5. The number of rotatable bonds is 11. The minimum absolute atomic E-state index is 0.0305. The van der Waals surface area contributed by atoms with E-state index in [2.05, 4.69) is 29.3 Å². The molecule has 5 rings (SSSR count). The molecule has 0 saturated carbocycles. The number of nitrogens with zero attached hydrogens (tertiary/aromatic N) is 1. The zero-order chi connectivity index (χ0) is 33.2. The summed E-state index contributed by atoms with van der Waals surface area (Å²) in [4.78, 5) is 52.0. The monoisotopic (exact) mass is 629 g/mol. The molecule has 0 saturated heterocycles. The normalized spacial score (nSPS) is 12.2. The summed E-state index contributed by atoms with van der Waals surface area (Å²) in [6.45, 7) is 5.48. The number of allylic oxidation sites excluding steroid dienone is 1. The zero-order valence-corrected chi connectivity index (χ0v) is 26.6. The average molecular weight is 630 g/mol. The van der Waals surface area contributed by atoms with Crippen LogP contribution in [0.4, 0.5) is 5.69 Å². The SMILES string of the molecule is C=C1Cc2ccccc2CN(C(=O)CCCCC(=O)NCc2ccc(C(=O)NCc3ccc(C(=O)OC)cc3)cc2)c2ccccc21. The highest BCUT2D eigenvalue weighted by Gasteiger charge is 2.23. The maximum absolute atomic E-state index is 13.5. The molecule has 0 bridgehead atoms.